The fraction of sp³-hybridized carbons (Fsp3) is 0.857. The molecule has 0 radical (unpaired) electrons. The lowest BCUT2D eigenvalue weighted by molar-refractivity contribution is -0.178. The summed E-state index contributed by atoms with van der Waals surface area (Å²) in [6, 6.07) is 0. The third-order valence-electron chi connectivity index (χ3n) is 4.40. The van der Waals surface area contributed by atoms with E-state index in [1.807, 2.05) is 0 Å². The highest BCUT2D eigenvalue weighted by atomic mass is 28.4. The SMILES string of the molecule is COC(OC)[C@@H](O[Si](C)(C)C(C)(C)C)[C@@]1(C(=O)C=N)CO1. The fourth-order valence-corrected chi connectivity index (χ4v) is 3.14. The summed E-state index contributed by atoms with van der Waals surface area (Å²) in [6.07, 6.45) is -0.620. The van der Waals surface area contributed by atoms with Gasteiger partial charge in [0.05, 0.1) is 12.8 Å². The molecular weight excluding hydrogens is 290 g/mol. The first-order valence-corrected chi connectivity index (χ1v) is 9.89. The minimum atomic E-state index is -2.16. The molecule has 2 atom stereocenters. The Hall–Kier alpha value is -0.603. The number of rotatable bonds is 8. The van der Waals surface area contributed by atoms with E-state index < -0.39 is 32.1 Å². The van der Waals surface area contributed by atoms with Gasteiger partial charge in [-0.05, 0) is 18.1 Å². The van der Waals surface area contributed by atoms with Crippen LogP contribution in [-0.2, 0) is 23.4 Å². The summed E-state index contributed by atoms with van der Waals surface area (Å²) >= 11 is 0. The molecule has 0 spiro atoms. The molecule has 7 heteroatoms. The van der Waals surface area contributed by atoms with E-state index in [2.05, 4.69) is 33.9 Å². The molecule has 122 valence electrons. The monoisotopic (exact) mass is 317 g/mol. The standard InChI is InChI=1S/C14H27NO5Si/c1-13(2,3)21(6,7)20-11(12(17-4)18-5)14(9-19-14)10(16)8-15/h8,11-12,15H,9H2,1-7H3/t11-,14+/m1/s1. The average molecular weight is 317 g/mol. The molecule has 1 N–H and O–H groups in total. The Balaban J connectivity index is 3.11. The van der Waals surface area contributed by atoms with Crippen molar-refractivity contribution in [3.05, 3.63) is 0 Å². The van der Waals surface area contributed by atoms with Crippen LogP contribution < -0.4 is 0 Å². The highest BCUT2D eigenvalue weighted by Gasteiger charge is 2.62. The summed E-state index contributed by atoms with van der Waals surface area (Å²) in [7, 11) is 0.843. The first-order valence-electron chi connectivity index (χ1n) is 6.98. The van der Waals surface area contributed by atoms with Crippen molar-refractivity contribution in [3.63, 3.8) is 0 Å². The van der Waals surface area contributed by atoms with Gasteiger partial charge in [0.2, 0.25) is 5.78 Å². The Morgan fingerprint density at radius 2 is 1.81 bits per heavy atom. The van der Waals surface area contributed by atoms with E-state index >= 15 is 0 Å². The van der Waals surface area contributed by atoms with Crippen LogP contribution in [0.15, 0.2) is 0 Å². The van der Waals surface area contributed by atoms with Gasteiger partial charge in [0.15, 0.2) is 20.2 Å². The zero-order valence-corrected chi connectivity index (χ0v) is 15.0. The molecule has 21 heavy (non-hydrogen) atoms. The van der Waals surface area contributed by atoms with Gasteiger partial charge in [0.1, 0.15) is 6.10 Å². The quantitative estimate of drug-likeness (QED) is 0.320. The van der Waals surface area contributed by atoms with Gasteiger partial charge in [0.25, 0.3) is 0 Å². The van der Waals surface area contributed by atoms with E-state index in [-0.39, 0.29) is 11.6 Å². The largest absolute Gasteiger partial charge is 0.405 e. The van der Waals surface area contributed by atoms with Crippen molar-refractivity contribution in [2.24, 2.45) is 0 Å². The van der Waals surface area contributed by atoms with Gasteiger partial charge in [-0.15, -0.1) is 0 Å². The van der Waals surface area contributed by atoms with Gasteiger partial charge in [-0.1, -0.05) is 20.8 Å². The van der Waals surface area contributed by atoms with E-state index in [1.165, 1.54) is 14.2 Å². The number of nitrogens with one attached hydrogen (secondary N) is 1. The van der Waals surface area contributed by atoms with Crippen molar-refractivity contribution < 1.29 is 23.4 Å². The highest BCUT2D eigenvalue weighted by Crippen LogP contribution is 2.43. The highest BCUT2D eigenvalue weighted by molar-refractivity contribution is 6.74. The maximum atomic E-state index is 12.1. The number of ether oxygens (including phenoxy) is 3. The van der Waals surface area contributed by atoms with E-state index in [1.54, 1.807) is 0 Å². The molecule has 1 aliphatic heterocycles. The molecule has 1 saturated heterocycles. The van der Waals surface area contributed by atoms with E-state index in [9.17, 15) is 4.79 Å². The van der Waals surface area contributed by atoms with Crippen LogP contribution >= 0.6 is 0 Å². The van der Waals surface area contributed by atoms with Gasteiger partial charge < -0.3 is 24.0 Å². The van der Waals surface area contributed by atoms with Gasteiger partial charge in [-0.2, -0.15) is 0 Å². The van der Waals surface area contributed by atoms with E-state index in [0.29, 0.717) is 0 Å². The molecule has 1 heterocycles. The number of hydrogen-bond donors (Lipinski definition) is 1. The maximum Gasteiger partial charge on any atom is 0.210 e. The number of Topliss-reactive ketones (excluding diaryl/α,β-unsaturated/α-hetero) is 1. The smallest absolute Gasteiger partial charge is 0.210 e. The van der Waals surface area contributed by atoms with Crippen LogP contribution in [0, 0.1) is 5.41 Å². The lowest BCUT2D eigenvalue weighted by atomic mass is 9.98. The predicted molar refractivity (Wildman–Crippen MR) is 82.3 cm³/mol. The van der Waals surface area contributed by atoms with Crippen molar-refractivity contribution in [2.45, 2.75) is 56.9 Å². The number of carbonyl (C=O) groups excluding carboxylic acids is 1. The Morgan fingerprint density at radius 1 is 1.33 bits per heavy atom. The van der Waals surface area contributed by atoms with Crippen molar-refractivity contribution in [2.75, 3.05) is 20.8 Å². The molecular formula is C14H27NO5Si. The Kier molecular flexibility index (Phi) is 5.49. The van der Waals surface area contributed by atoms with Gasteiger partial charge in [-0.3, -0.25) is 4.79 Å². The molecule has 0 aromatic rings. The molecule has 1 aliphatic rings. The molecule has 0 aromatic heterocycles. The first kappa shape index (κ1) is 18.4. The molecule has 1 rings (SSSR count). The second kappa shape index (κ2) is 6.25. The molecule has 0 saturated carbocycles. The number of epoxide rings is 1. The number of carbonyl (C=O) groups is 1. The molecule has 1 fully saturated rings. The molecule has 0 unspecified atom stereocenters. The Bertz CT molecular complexity index is 397. The van der Waals surface area contributed by atoms with Crippen molar-refractivity contribution in [1.29, 1.82) is 5.41 Å². The molecule has 6 nitrogen and oxygen atoms in total. The molecule has 0 aliphatic carbocycles. The van der Waals surface area contributed by atoms with Crippen LogP contribution in [0.4, 0.5) is 0 Å². The molecule has 0 amide bonds. The summed E-state index contributed by atoms with van der Waals surface area (Å²) in [5.74, 6) is -0.412. The minimum absolute atomic E-state index is 0.0267. The zero-order valence-electron chi connectivity index (χ0n) is 14.0. The maximum absolute atomic E-state index is 12.1. The Morgan fingerprint density at radius 3 is 2.10 bits per heavy atom. The average Bonchev–Trinajstić information content (AvgIpc) is 3.18. The summed E-state index contributed by atoms with van der Waals surface area (Å²) in [6.45, 7) is 10.8. The fourth-order valence-electron chi connectivity index (χ4n) is 1.85. The normalized spacial score (nSPS) is 24.0. The minimum Gasteiger partial charge on any atom is -0.405 e. The Labute approximate surface area is 127 Å². The second-order valence-electron chi connectivity index (χ2n) is 6.83. The van der Waals surface area contributed by atoms with Gasteiger partial charge >= 0.3 is 0 Å². The van der Waals surface area contributed by atoms with Crippen LogP contribution in [0.5, 0.6) is 0 Å². The third kappa shape index (κ3) is 3.60. The summed E-state index contributed by atoms with van der Waals surface area (Å²) in [5.41, 5.74) is -1.14. The van der Waals surface area contributed by atoms with Crippen molar-refractivity contribution >= 4 is 20.3 Å². The van der Waals surface area contributed by atoms with Crippen LogP contribution in [0.1, 0.15) is 20.8 Å². The predicted octanol–water partition coefficient (Wildman–Crippen LogP) is 1.98. The molecule has 0 bridgehead atoms. The van der Waals surface area contributed by atoms with Crippen LogP contribution in [0.25, 0.3) is 0 Å². The van der Waals surface area contributed by atoms with Crippen LogP contribution in [0.3, 0.4) is 0 Å². The second-order valence-corrected chi connectivity index (χ2v) is 11.6. The summed E-state index contributed by atoms with van der Waals surface area (Å²) in [5, 5.41) is 7.20. The lowest BCUT2D eigenvalue weighted by Gasteiger charge is -2.41. The first-order chi connectivity index (χ1) is 9.55. The van der Waals surface area contributed by atoms with Crippen LogP contribution in [-0.4, -0.2) is 59.1 Å². The van der Waals surface area contributed by atoms with E-state index in [0.717, 1.165) is 6.21 Å². The van der Waals surface area contributed by atoms with E-state index in [4.69, 9.17) is 24.0 Å². The van der Waals surface area contributed by atoms with Gasteiger partial charge in [0, 0.05) is 14.2 Å². The summed E-state index contributed by atoms with van der Waals surface area (Å²) in [4.78, 5) is 12.1. The molecule has 0 aromatic carbocycles. The number of ketones is 1. The van der Waals surface area contributed by atoms with Crippen LogP contribution in [0.2, 0.25) is 18.1 Å². The number of methoxy groups -OCH3 is 2. The topological polar surface area (TPSA) is 81.1 Å². The van der Waals surface area contributed by atoms with Crippen molar-refractivity contribution in [1.82, 2.24) is 0 Å². The lowest BCUT2D eigenvalue weighted by Crippen LogP contribution is -2.56. The number of hydrogen-bond acceptors (Lipinski definition) is 6. The van der Waals surface area contributed by atoms with Crippen molar-refractivity contribution in [3.8, 4) is 0 Å². The van der Waals surface area contributed by atoms with Gasteiger partial charge in [-0.25, -0.2) is 0 Å². The third-order valence-corrected chi connectivity index (χ3v) is 8.86. The summed E-state index contributed by atoms with van der Waals surface area (Å²) < 4.78 is 22.3. The zero-order chi connectivity index (χ0) is 16.5.